The summed E-state index contributed by atoms with van der Waals surface area (Å²) in [5.74, 6) is 0.759. The Morgan fingerprint density at radius 3 is 2.24 bits per heavy atom. The maximum absolute atomic E-state index is 3.78. The molecule has 1 rings (SSSR count). The lowest BCUT2D eigenvalue weighted by atomic mass is 9.79. The summed E-state index contributed by atoms with van der Waals surface area (Å²) in [5.41, 5.74) is 0.537. The van der Waals surface area contributed by atoms with Crippen LogP contribution in [0.15, 0.2) is 0 Å². The summed E-state index contributed by atoms with van der Waals surface area (Å²) in [5, 5.41) is 3.78. The molecular weight excluding hydrogens is 256 g/mol. The van der Waals surface area contributed by atoms with Crippen molar-refractivity contribution < 1.29 is 0 Å². The Morgan fingerprint density at radius 2 is 1.71 bits per heavy atom. The zero-order valence-corrected chi connectivity index (χ0v) is 15.2. The quantitative estimate of drug-likeness (QED) is 0.588. The molecular formula is C19H40N2. The zero-order valence-electron chi connectivity index (χ0n) is 15.2. The predicted molar refractivity (Wildman–Crippen MR) is 94.9 cm³/mol. The molecule has 0 saturated heterocycles. The van der Waals surface area contributed by atoms with Crippen molar-refractivity contribution in [2.75, 3.05) is 32.7 Å². The second-order valence-electron chi connectivity index (χ2n) is 7.66. The van der Waals surface area contributed by atoms with Gasteiger partial charge in [0.25, 0.3) is 0 Å². The second kappa shape index (κ2) is 10.6. The van der Waals surface area contributed by atoms with E-state index in [4.69, 9.17) is 0 Å². The van der Waals surface area contributed by atoms with Gasteiger partial charge >= 0.3 is 0 Å². The first-order chi connectivity index (χ1) is 10.1. The molecule has 0 amide bonds. The van der Waals surface area contributed by atoms with Crippen LogP contribution >= 0.6 is 0 Å². The average molecular weight is 297 g/mol. The minimum Gasteiger partial charge on any atom is -0.316 e. The Balaban J connectivity index is 2.60. The van der Waals surface area contributed by atoms with Gasteiger partial charge in [0.1, 0.15) is 0 Å². The van der Waals surface area contributed by atoms with Gasteiger partial charge < -0.3 is 10.2 Å². The van der Waals surface area contributed by atoms with E-state index in [1.807, 2.05) is 0 Å². The van der Waals surface area contributed by atoms with Crippen molar-refractivity contribution in [2.45, 2.75) is 79.1 Å². The SMILES string of the molecule is CCCCN(CC)CC1(CNCC(C)C)CCCCCC1. The smallest absolute Gasteiger partial charge is 0.00500 e. The number of hydrogen-bond donors (Lipinski definition) is 1. The highest BCUT2D eigenvalue weighted by Gasteiger charge is 2.32. The molecule has 0 bridgehead atoms. The minimum absolute atomic E-state index is 0.537. The van der Waals surface area contributed by atoms with Crippen LogP contribution in [0.2, 0.25) is 0 Å². The summed E-state index contributed by atoms with van der Waals surface area (Å²) in [7, 11) is 0. The van der Waals surface area contributed by atoms with E-state index in [-0.39, 0.29) is 0 Å². The van der Waals surface area contributed by atoms with E-state index in [2.05, 4.69) is 37.9 Å². The molecule has 0 aliphatic heterocycles. The Bertz CT molecular complexity index is 242. The van der Waals surface area contributed by atoms with Crippen molar-refractivity contribution in [3.8, 4) is 0 Å². The summed E-state index contributed by atoms with van der Waals surface area (Å²) < 4.78 is 0. The van der Waals surface area contributed by atoms with Crippen LogP contribution in [0.1, 0.15) is 79.1 Å². The maximum atomic E-state index is 3.78. The minimum atomic E-state index is 0.537. The van der Waals surface area contributed by atoms with Crippen molar-refractivity contribution in [1.29, 1.82) is 0 Å². The second-order valence-corrected chi connectivity index (χ2v) is 7.66. The van der Waals surface area contributed by atoms with E-state index in [0.29, 0.717) is 5.41 Å². The molecule has 1 aliphatic carbocycles. The van der Waals surface area contributed by atoms with E-state index in [1.165, 1.54) is 84.1 Å². The molecule has 1 aliphatic rings. The van der Waals surface area contributed by atoms with Crippen LogP contribution in [0.4, 0.5) is 0 Å². The lowest BCUT2D eigenvalue weighted by Crippen LogP contribution is -2.45. The van der Waals surface area contributed by atoms with Crippen molar-refractivity contribution in [1.82, 2.24) is 10.2 Å². The van der Waals surface area contributed by atoms with E-state index in [9.17, 15) is 0 Å². The van der Waals surface area contributed by atoms with Gasteiger partial charge in [0.15, 0.2) is 0 Å². The molecule has 0 aromatic rings. The van der Waals surface area contributed by atoms with E-state index < -0.39 is 0 Å². The topological polar surface area (TPSA) is 15.3 Å². The van der Waals surface area contributed by atoms with Gasteiger partial charge in [-0.2, -0.15) is 0 Å². The van der Waals surface area contributed by atoms with Gasteiger partial charge in [-0.1, -0.05) is 59.8 Å². The first-order valence-electron chi connectivity index (χ1n) is 9.55. The molecule has 126 valence electrons. The number of nitrogens with one attached hydrogen (secondary N) is 1. The summed E-state index contributed by atoms with van der Waals surface area (Å²) in [6, 6.07) is 0. The average Bonchev–Trinajstić information content (AvgIpc) is 2.69. The fourth-order valence-corrected chi connectivity index (χ4v) is 3.70. The molecule has 1 fully saturated rings. The van der Waals surface area contributed by atoms with Gasteiger partial charge in [-0.15, -0.1) is 0 Å². The summed E-state index contributed by atoms with van der Waals surface area (Å²) >= 11 is 0. The Labute approximate surface area is 134 Å². The fourth-order valence-electron chi connectivity index (χ4n) is 3.70. The number of hydrogen-bond acceptors (Lipinski definition) is 2. The van der Waals surface area contributed by atoms with Crippen LogP contribution < -0.4 is 5.32 Å². The van der Waals surface area contributed by atoms with Gasteiger partial charge in [0.05, 0.1) is 0 Å². The third-order valence-corrected chi connectivity index (χ3v) is 5.05. The van der Waals surface area contributed by atoms with Gasteiger partial charge in [0.2, 0.25) is 0 Å². The first kappa shape index (κ1) is 19.0. The first-order valence-corrected chi connectivity index (χ1v) is 9.55. The molecule has 0 aromatic heterocycles. The van der Waals surface area contributed by atoms with Crippen molar-refractivity contribution in [2.24, 2.45) is 11.3 Å². The lowest BCUT2D eigenvalue weighted by molar-refractivity contribution is 0.128. The number of unbranched alkanes of at least 4 members (excludes halogenated alkanes) is 1. The van der Waals surface area contributed by atoms with Crippen LogP contribution in [0, 0.1) is 11.3 Å². The molecule has 1 N–H and O–H groups in total. The van der Waals surface area contributed by atoms with E-state index in [1.54, 1.807) is 0 Å². The van der Waals surface area contributed by atoms with Crippen molar-refractivity contribution >= 4 is 0 Å². The van der Waals surface area contributed by atoms with Crippen molar-refractivity contribution in [3.63, 3.8) is 0 Å². The largest absolute Gasteiger partial charge is 0.316 e. The summed E-state index contributed by atoms with van der Waals surface area (Å²) in [6.07, 6.45) is 11.3. The Morgan fingerprint density at radius 1 is 1.05 bits per heavy atom. The Kier molecular flexibility index (Phi) is 9.59. The molecule has 0 heterocycles. The molecule has 2 heteroatoms. The Hall–Kier alpha value is -0.0800. The van der Waals surface area contributed by atoms with Gasteiger partial charge in [-0.3, -0.25) is 0 Å². The molecule has 0 radical (unpaired) electrons. The standard InChI is InChI=1S/C19H40N2/c1-5-7-14-21(6-2)17-19(16-20-15-18(3)4)12-10-8-9-11-13-19/h18,20H,5-17H2,1-4H3. The molecule has 0 aromatic carbocycles. The number of rotatable bonds is 10. The molecule has 0 unspecified atom stereocenters. The highest BCUT2D eigenvalue weighted by Crippen LogP contribution is 2.35. The van der Waals surface area contributed by atoms with E-state index >= 15 is 0 Å². The monoisotopic (exact) mass is 296 g/mol. The van der Waals surface area contributed by atoms with Crippen LogP contribution in [0.25, 0.3) is 0 Å². The highest BCUT2D eigenvalue weighted by molar-refractivity contribution is 4.87. The van der Waals surface area contributed by atoms with Crippen LogP contribution in [0.3, 0.4) is 0 Å². The van der Waals surface area contributed by atoms with Crippen molar-refractivity contribution in [3.05, 3.63) is 0 Å². The molecule has 0 atom stereocenters. The summed E-state index contributed by atoms with van der Waals surface area (Å²) in [6.45, 7) is 15.5. The van der Waals surface area contributed by atoms with Gasteiger partial charge in [0, 0.05) is 13.1 Å². The normalized spacial score (nSPS) is 19.1. The molecule has 1 saturated carbocycles. The van der Waals surface area contributed by atoms with Crippen LogP contribution in [0.5, 0.6) is 0 Å². The molecule has 2 nitrogen and oxygen atoms in total. The summed E-state index contributed by atoms with van der Waals surface area (Å²) in [4.78, 5) is 2.71. The fraction of sp³-hybridized carbons (Fsp3) is 1.00. The third kappa shape index (κ3) is 7.65. The highest BCUT2D eigenvalue weighted by atomic mass is 15.1. The maximum Gasteiger partial charge on any atom is 0.00500 e. The molecule has 21 heavy (non-hydrogen) atoms. The van der Waals surface area contributed by atoms with Gasteiger partial charge in [-0.25, -0.2) is 0 Å². The van der Waals surface area contributed by atoms with Crippen LogP contribution in [-0.4, -0.2) is 37.6 Å². The number of nitrogens with zero attached hydrogens (tertiary/aromatic N) is 1. The predicted octanol–water partition coefficient (Wildman–Crippen LogP) is 4.69. The van der Waals surface area contributed by atoms with Gasteiger partial charge in [-0.05, 0) is 50.2 Å². The van der Waals surface area contributed by atoms with Crippen LogP contribution in [-0.2, 0) is 0 Å². The lowest BCUT2D eigenvalue weighted by Gasteiger charge is -2.38. The molecule has 0 spiro atoms. The van der Waals surface area contributed by atoms with E-state index in [0.717, 1.165) is 5.92 Å². The third-order valence-electron chi connectivity index (χ3n) is 5.05. The zero-order chi connectivity index (χ0) is 15.6.